The Morgan fingerprint density at radius 1 is 0.676 bits per heavy atom. The van der Waals surface area contributed by atoms with Crippen LogP contribution in [0.25, 0.3) is 32.7 Å². The number of piperazine rings is 2. The van der Waals surface area contributed by atoms with Crippen LogP contribution in [0.15, 0.2) is 53.7 Å². The molecule has 2 saturated heterocycles. The van der Waals surface area contributed by atoms with Crippen molar-refractivity contribution in [2.24, 2.45) is 4.99 Å². The lowest BCUT2D eigenvalue weighted by molar-refractivity contribution is -0.136. The number of aryl methyl sites for hydroxylation is 1. The molecule has 6 aromatic rings. The highest BCUT2D eigenvalue weighted by Crippen LogP contribution is 2.33. The van der Waals surface area contributed by atoms with Crippen molar-refractivity contribution in [3.05, 3.63) is 77.5 Å². The van der Waals surface area contributed by atoms with Gasteiger partial charge in [-0.2, -0.15) is 13.9 Å². The maximum atomic E-state index is 13.7. The zero-order valence-corrected chi connectivity index (χ0v) is 42.6. The second-order valence-electron chi connectivity index (χ2n) is 18.5. The number of aromatic nitrogens is 4. The number of aliphatic imine (C=N–C) groups is 1. The highest BCUT2D eigenvalue weighted by atomic mass is 19.2. The molecule has 2 aliphatic heterocycles. The molecular formula is C53H68F4N12O5. The summed E-state index contributed by atoms with van der Waals surface area (Å²) in [7, 11) is 0. The summed E-state index contributed by atoms with van der Waals surface area (Å²) in [6.07, 6.45) is 8.31. The van der Waals surface area contributed by atoms with Gasteiger partial charge in [-0.25, -0.2) is 18.7 Å². The van der Waals surface area contributed by atoms with Gasteiger partial charge in [0.1, 0.15) is 17.1 Å². The van der Waals surface area contributed by atoms with Crippen molar-refractivity contribution < 1.29 is 41.4 Å². The number of nitrogen functional groups attached to an aromatic ring is 3. The summed E-state index contributed by atoms with van der Waals surface area (Å²) in [5, 5.41) is 7.64. The second-order valence-corrected chi connectivity index (χ2v) is 18.5. The van der Waals surface area contributed by atoms with E-state index in [2.05, 4.69) is 82.5 Å². The number of nitrogens with two attached hydrogens (primary N) is 3. The highest BCUT2D eigenvalue weighted by Gasteiger charge is 2.24. The van der Waals surface area contributed by atoms with Gasteiger partial charge in [0.25, 0.3) is 0 Å². The van der Waals surface area contributed by atoms with Crippen LogP contribution in [0, 0.1) is 23.3 Å². The number of hydrogen-bond acceptors (Lipinski definition) is 16. The van der Waals surface area contributed by atoms with E-state index in [0.29, 0.717) is 50.1 Å². The number of halogens is 4. The van der Waals surface area contributed by atoms with Crippen molar-refractivity contribution in [2.45, 2.75) is 65.8 Å². The third-order valence-corrected chi connectivity index (χ3v) is 13.1. The van der Waals surface area contributed by atoms with Crippen LogP contribution in [-0.4, -0.2) is 146 Å². The molecule has 8 rings (SSSR count). The van der Waals surface area contributed by atoms with E-state index in [1.807, 2.05) is 29.2 Å². The number of fused-ring (bicyclic) bond motifs is 4. The van der Waals surface area contributed by atoms with Gasteiger partial charge in [-0.15, -0.1) is 0 Å². The first-order valence-electron chi connectivity index (χ1n) is 25.4. The van der Waals surface area contributed by atoms with Crippen LogP contribution in [0.5, 0.6) is 5.75 Å². The number of nitrogens with zero attached hydrogens (tertiary/aromatic N) is 9. The number of carbonyl (C=O) groups is 2. The summed E-state index contributed by atoms with van der Waals surface area (Å²) in [5.41, 5.74) is 24.5. The Bertz CT molecular complexity index is 2880. The third kappa shape index (κ3) is 14.3. The second kappa shape index (κ2) is 26.5. The Labute approximate surface area is 428 Å². The molecule has 0 atom stereocenters. The normalized spacial score (nSPS) is 14.6. The Morgan fingerprint density at radius 2 is 1.23 bits per heavy atom. The predicted molar refractivity (Wildman–Crippen MR) is 283 cm³/mol. The summed E-state index contributed by atoms with van der Waals surface area (Å²) < 4.78 is 71.3. The fourth-order valence-corrected chi connectivity index (χ4v) is 8.74. The molecule has 0 unspecified atom stereocenters. The van der Waals surface area contributed by atoms with Crippen LogP contribution in [0.2, 0.25) is 0 Å². The molecule has 5 heterocycles. The minimum atomic E-state index is -1.76. The van der Waals surface area contributed by atoms with Gasteiger partial charge in [0.05, 0.1) is 49.6 Å². The molecular weight excluding hydrogens is 961 g/mol. The van der Waals surface area contributed by atoms with Gasteiger partial charge in [0, 0.05) is 137 Å². The average molecular weight is 1030 g/mol. The minimum absolute atomic E-state index is 0.0448. The van der Waals surface area contributed by atoms with Crippen molar-refractivity contribution in [3.8, 4) is 5.75 Å². The van der Waals surface area contributed by atoms with E-state index in [1.165, 1.54) is 0 Å². The number of carbonyl (C=O) groups excluding carboxylic acids is 2. The number of ketones is 1. The number of rotatable bonds is 22. The minimum Gasteiger partial charge on any atom is -0.420 e. The molecule has 3 aromatic carbocycles. The van der Waals surface area contributed by atoms with Crippen molar-refractivity contribution >= 4 is 79.4 Å². The molecule has 2 aliphatic rings. The quantitative estimate of drug-likeness (QED) is 0.0151. The zero-order valence-electron chi connectivity index (χ0n) is 42.6. The van der Waals surface area contributed by atoms with E-state index < -0.39 is 35.0 Å². The van der Waals surface area contributed by atoms with E-state index in [0.717, 1.165) is 147 Å². The molecule has 3 aromatic heterocycles. The summed E-state index contributed by atoms with van der Waals surface area (Å²) >= 11 is 0. The Hall–Kier alpha value is -6.68. The molecule has 17 nitrogen and oxygen atoms in total. The first-order chi connectivity index (χ1) is 35.7. The number of Topliss-reactive ketones (excluding diaryl/α,β-unsaturated/α-hetero) is 1. The van der Waals surface area contributed by atoms with Crippen LogP contribution < -0.4 is 31.7 Å². The maximum Gasteiger partial charge on any atom is 0.313 e. The van der Waals surface area contributed by atoms with Gasteiger partial charge >= 0.3 is 5.97 Å². The lowest BCUT2D eigenvalue weighted by Crippen LogP contribution is -2.47. The smallest absolute Gasteiger partial charge is 0.313 e. The summed E-state index contributed by atoms with van der Waals surface area (Å²) in [4.78, 5) is 45.8. The van der Waals surface area contributed by atoms with E-state index in [4.69, 9.17) is 26.7 Å². The van der Waals surface area contributed by atoms with Crippen LogP contribution in [0.3, 0.4) is 0 Å². The molecule has 0 radical (unpaired) electrons. The third-order valence-electron chi connectivity index (χ3n) is 13.1. The Morgan fingerprint density at radius 3 is 1.81 bits per heavy atom. The fraction of sp³-hybridized carbons (Fsp3) is 0.472. The lowest BCUT2D eigenvalue weighted by Gasteiger charge is -2.36. The molecule has 0 spiro atoms. The molecule has 0 aliphatic carbocycles. The number of hydrogen-bond donors (Lipinski definition) is 3. The van der Waals surface area contributed by atoms with Crippen molar-refractivity contribution in [2.75, 3.05) is 125 Å². The van der Waals surface area contributed by atoms with Gasteiger partial charge in [0.2, 0.25) is 17.4 Å². The van der Waals surface area contributed by atoms with Gasteiger partial charge in [-0.3, -0.25) is 29.1 Å². The van der Waals surface area contributed by atoms with Gasteiger partial charge < -0.3 is 41.2 Å². The van der Waals surface area contributed by atoms with E-state index in [9.17, 15) is 27.2 Å². The van der Waals surface area contributed by atoms with Crippen LogP contribution in [-0.2, 0) is 25.6 Å². The van der Waals surface area contributed by atoms with Gasteiger partial charge in [-0.1, -0.05) is 26.7 Å². The zero-order chi connectivity index (χ0) is 52.7. The summed E-state index contributed by atoms with van der Waals surface area (Å²) in [6, 6.07) is 12.5. The monoisotopic (exact) mass is 1030 g/mol. The molecule has 0 saturated carbocycles. The Balaban J connectivity index is 0.000000225. The van der Waals surface area contributed by atoms with Crippen molar-refractivity contribution in [3.63, 3.8) is 0 Å². The molecule has 398 valence electrons. The molecule has 6 N–H and O–H groups in total. The van der Waals surface area contributed by atoms with Crippen LogP contribution in [0.1, 0.15) is 64.9 Å². The first kappa shape index (κ1) is 55.1. The highest BCUT2D eigenvalue weighted by molar-refractivity contribution is 6.09. The van der Waals surface area contributed by atoms with E-state index >= 15 is 0 Å². The Kier molecular flexibility index (Phi) is 19.7. The number of benzene rings is 3. The van der Waals surface area contributed by atoms with Crippen LogP contribution >= 0.6 is 0 Å². The summed E-state index contributed by atoms with van der Waals surface area (Å²) in [5.74, 6) is -8.34. The van der Waals surface area contributed by atoms with Gasteiger partial charge in [-0.05, 0) is 56.2 Å². The van der Waals surface area contributed by atoms with Crippen molar-refractivity contribution in [1.82, 2.24) is 29.5 Å². The largest absolute Gasteiger partial charge is 0.420 e. The molecule has 21 heteroatoms. The van der Waals surface area contributed by atoms with Gasteiger partial charge in [0.15, 0.2) is 17.5 Å². The number of esters is 1. The van der Waals surface area contributed by atoms with Crippen molar-refractivity contribution in [1.29, 1.82) is 0 Å². The number of unbranched alkanes of at least 4 members (excludes halogenated alkanes) is 2. The molecule has 74 heavy (non-hydrogen) atoms. The average Bonchev–Trinajstić information content (AvgIpc) is 3.85. The molecule has 0 bridgehead atoms. The summed E-state index contributed by atoms with van der Waals surface area (Å²) in [6.45, 7) is 17.5. The number of pyridine rings is 2. The number of ether oxygens (including phenoxy) is 3. The van der Waals surface area contributed by atoms with Crippen LogP contribution in [0.4, 0.5) is 46.3 Å². The molecule has 0 amide bonds. The fourth-order valence-electron chi connectivity index (χ4n) is 8.74. The van der Waals surface area contributed by atoms with E-state index in [1.54, 1.807) is 6.92 Å². The topological polar surface area (TPSA) is 209 Å². The molecule has 2 fully saturated rings. The lowest BCUT2D eigenvalue weighted by atomic mass is 10.1. The number of anilines is 5. The standard InChI is InChI=1S/C29H32F4N6O3.C24H36N6O2/c1-2-3-7-39-17-20-19-15-18(4-5-23(19)35-29(34)27(20)36-39)38-10-8-37(9-11-38)12-14-41-13-6-24(40)42-28-25(32)21(30)16-22(31)26(28)33;1-3-4-8-27-17-21-20-16-19(5-6-22(20)28-24(26)23(21)25)30-11-9-29(10-12-30)13-15-32-14-7-18(2)31/h4-5,15-17H,2-3,6-14H2,1H3,(H2,34,35);5-6,16-17H,3-4,7-15,25H2,1-2H3,(H2,26,28). The predicted octanol–water partition coefficient (Wildman–Crippen LogP) is 7.39. The SMILES string of the molecule is CCCCN=Cc1c(N)c(N)nc2ccc(N3CCN(CCOCCC(C)=O)CC3)cc12.CCCCn1cc2c(n1)c(N)nc1ccc(N3CCN(CCOCCC(=O)Oc4c(F)c(F)cc(F)c4F)CC3)cc12. The maximum absolute atomic E-state index is 13.7. The first-order valence-corrected chi connectivity index (χ1v) is 25.4. The van der Waals surface area contributed by atoms with E-state index in [-0.39, 0.29) is 24.9 Å².